The summed E-state index contributed by atoms with van der Waals surface area (Å²) in [6, 6.07) is 19.5. The number of nitrogens with two attached hydrogens (primary N) is 1. The number of benzene rings is 2. The maximum Gasteiger partial charge on any atom is 0.341 e. The molecule has 0 aliphatic carbocycles. The van der Waals surface area contributed by atoms with E-state index in [2.05, 4.69) is 10.1 Å². The van der Waals surface area contributed by atoms with E-state index in [1.54, 1.807) is 6.92 Å². The number of nitrogens with zero attached hydrogens (tertiary/aromatic N) is 4. The van der Waals surface area contributed by atoms with Gasteiger partial charge in [0, 0.05) is 28.9 Å². The molecule has 0 atom stereocenters. The summed E-state index contributed by atoms with van der Waals surface area (Å²) in [7, 11) is 0. The molecule has 3 heterocycles. The molecule has 162 valence electrons. The van der Waals surface area contributed by atoms with Gasteiger partial charge in [-0.1, -0.05) is 48.5 Å². The van der Waals surface area contributed by atoms with Gasteiger partial charge in [-0.15, -0.1) is 0 Å². The number of fused-ring (bicyclic) bond motifs is 2. The second-order valence-electron chi connectivity index (χ2n) is 7.39. The van der Waals surface area contributed by atoms with E-state index in [9.17, 15) is 9.59 Å². The van der Waals surface area contributed by atoms with E-state index in [0.717, 1.165) is 22.2 Å². The van der Waals surface area contributed by atoms with Gasteiger partial charge in [0.05, 0.1) is 23.4 Å². The molecule has 2 N–H and O–H groups in total. The van der Waals surface area contributed by atoms with Crippen molar-refractivity contribution >= 4 is 28.4 Å². The zero-order valence-electron chi connectivity index (χ0n) is 17.7. The van der Waals surface area contributed by atoms with Gasteiger partial charge < -0.3 is 10.5 Å². The maximum atomic E-state index is 12.3. The molecule has 5 rings (SSSR count). The molecule has 0 aliphatic heterocycles. The van der Waals surface area contributed by atoms with Crippen molar-refractivity contribution < 1.29 is 14.3 Å². The van der Waals surface area contributed by atoms with E-state index in [0.29, 0.717) is 11.3 Å². The van der Waals surface area contributed by atoms with Gasteiger partial charge in [-0.3, -0.25) is 4.79 Å². The maximum absolute atomic E-state index is 12.3. The zero-order chi connectivity index (χ0) is 22.9. The molecule has 0 bridgehead atoms. The van der Waals surface area contributed by atoms with E-state index < -0.39 is 11.9 Å². The number of aromatic nitrogens is 4. The summed E-state index contributed by atoms with van der Waals surface area (Å²) in [4.78, 5) is 33.4. The van der Waals surface area contributed by atoms with Gasteiger partial charge in [0.1, 0.15) is 11.3 Å². The molecular weight excluding hydrogens is 418 g/mol. The lowest BCUT2D eigenvalue weighted by atomic mass is 10.0. The monoisotopic (exact) mass is 437 g/mol. The van der Waals surface area contributed by atoms with Crippen LogP contribution in [0.3, 0.4) is 0 Å². The Morgan fingerprint density at radius 3 is 2.58 bits per heavy atom. The number of amides is 1. The first-order valence-electron chi connectivity index (χ1n) is 10.4. The number of ether oxygens (including phenoxy) is 1. The molecule has 0 fully saturated rings. The molecule has 3 aromatic heterocycles. The highest BCUT2D eigenvalue weighted by Crippen LogP contribution is 2.29. The van der Waals surface area contributed by atoms with E-state index in [4.69, 9.17) is 15.5 Å². The highest BCUT2D eigenvalue weighted by molar-refractivity contribution is 6.05. The third-order valence-electron chi connectivity index (χ3n) is 5.27. The smallest absolute Gasteiger partial charge is 0.341 e. The van der Waals surface area contributed by atoms with Gasteiger partial charge in [0.25, 0.3) is 5.91 Å². The first-order valence-corrected chi connectivity index (χ1v) is 10.4. The predicted molar refractivity (Wildman–Crippen MR) is 124 cm³/mol. The Morgan fingerprint density at radius 1 is 1.03 bits per heavy atom. The lowest BCUT2D eigenvalue weighted by Crippen LogP contribution is -2.13. The van der Waals surface area contributed by atoms with Crippen molar-refractivity contribution in [2.24, 2.45) is 5.73 Å². The zero-order valence-corrected chi connectivity index (χ0v) is 17.7. The second-order valence-corrected chi connectivity index (χ2v) is 7.39. The van der Waals surface area contributed by atoms with Gasteiger partial charge in [-0.05, 0) is 19.1 Å². The van der Waals surface area contributed by atoms with Crippen molar-refractivity contribution in [1.29, 1.82) is 0 Å². The quantitative estimate of drug-likeness (QED) is 0.418. The van der Waals surface area contributed by atoms with Gasteiger partial charge in [0.2, 0.25) is 0 Å². The van der Waals surface area contributed by atoms with Gasteiger partial charge in [0.15, 0.2) is 5.65 Å². The molecule has 0 saturated heterocycles. The summed E-state index contributed by atoms with van der Waals surface area (Å²) in [5, 5.41) is 5.46. The fourth-order valence-corrected chi connectivity index (χ4v) is 3.72. The van der Waals surface area contributed by atoms with E-state index >= 15 is 0 Å². The number of rotatable bonds is 5. The first kappa shape index (κ1) is 20.3. The number of carbonyl (C=O) groups is 2. The number of hydrogen-bond donors (Lipinski definition) is 1. The molecule has 2 aromatic carbocycles. The van der Waals surface area contributed by atoms with Crippen LogP contribution in [0.15, 0.2) is 73.1 Å². The molecule has 0 radical (unpaired) electrons. The molecule has 0 aliphatic rings. The number of hydrogen-bond acceptors (Lipinski definition) is 6. The number of primary amides is 1. The van der Waals surface area contributed by atoms with Crippen molar-refractivity contribution in [3.05, 3.63) is 84.2 Å². The Hall–Kier alpha value is -4.59. The second kappa shape index (κ2) is 8.16. The Morgan fingerprint density at radius 2 is 1.82 bits per heavy atom. The van der Waals surface area contributed by atoms with Crippen LogP contribution in [0, 0.1) is 0 Å². The average molecular weight is 437 g/mol. The summed E-state index contributed by atoms with van der Waals surface area (Å²) >= 11 is 0. The summed E-state index contributed by atoms with van der Waals surface area (Å²) in [6.07, 6.45) is 2.82. The standard InChI is InChI=1S/C25H19N5O3/c1-2-33-25(32)18-13-27-24-21(23(26)31)22(29-30(24)14-18)17-9-8-16-10-11-19(28-20(16)12-17)15-6-4-3-5-7-15/h3-14H,2H2,1H3,(H2,26,31). The minimum absolute atomic E-state index is 0.170. The van der Waals surface area contributed by atoms with Crippen LogP contribution in [0.1, 0.15) is 27.6 Å². The summed E-state index contributed by atoms with van der Waals surface area (Å²) in [5.74, 6) is -1.18. The van der Waals surface area contributed by atoms with Crippen LogP contribution in [0.4, 0.5) is 0 Å². The number of pyridine rings is 1. The highest BCUT2D eigenvalue weighted by atomic mass is 16.5. The Bertz CT molecular complexity index is 1530. The summed E-state index contributed by atoms with van der Waals surface area (Å²) in [5.41, 5.74) is 9.96. The lowest BCUT2D eigenvalue weighted by Gasteiger charge is -2.05. The van der Waals surface area contributed by atoms with Gasteiger partial charge in [-0.2, -0.15) is 5.10 Å². The summed E-state index contributed by atoms with van der Waals surface area (Å²) in [6.45, 7) is 1.96. The highest BCUT2D eigenvalue weighted by Gasteiger charge is 2.22. The molecule has 33 heavy (non-hydrogen) atoms. The molecule has 8 nitrogen and oxygen atoms in total. The van der Waals surface area contributed by atoms with Crippen LogP contribution in [0.5, 0.6) is 0 Å². The van der Waals surface area contributed by atoms with Crippen molar-refractivity contribution in [2.45, 2.75) is 6.92 Å². The minimum atomic E-state index is -0.664. The van der Waals surface area contributed by atoms with Crippen LogP contribution in [0.25, 0.3) is 39.1 Å². The molecule has 0 spiro atoms. The number of carbonyl (C=O) groups excluding carboxylic acids is 2. The minimum Gasteiger partial charge on any atom is -0.462 e. The van der Waals surface area contributed by atoms with E-state index in [1.807, 2.05) is 60.7 Å². The molecule has 8 heteroatoms. The molecule has 0 unspecified atom stereocenters. The van der Waals surface area contributed by atoms with Crippen LogP contribution in [0.2, 0.25) is 0 Å². The topological polar surface area (TPSA) is 112 Å². The molecule has 5 aromatic rings. The van der Waals surface area contributed by atoms with Gasteiger partial charge in [-0.25, -0.2) is 19.3 Å². The number of esters is 1. The van der Waals surface area contributed by atoms with Crippen molar-refractivity contribution in [3.8, 4) is 22.5 Å². The van der Waals surface area contributed by atoms with E-state index in [-0.39, 0.29) is 23.4 Å². The molecular formula is C25H19N5O3. The third-order valence-corrected chi connectivity index (χ3v) is 5.27. The van der Waals surface area contributed by atoms with Gasteiger partial charge >= 0.3 is 5.97 Å². The summed E-state index contributed by atoms with van der Waals surface area (Å²) < 4.78 is 6.40. The fourth-order valence-electron chi connectivity index (χ4n) is 3.72. The Balaban J connectivity index is 1.65. The normalized spacial score (nSPS) is 11.1. The third kappa shape index (κ3) is 3.67. The van der Waals surface area contributed by atoms with Crippen LogP contribution in [-0.2, 0) is 4.74 Å². The van der Waals surface area contributed by atoms with E-state index in [1.165, 1.54) is 16.9 Å². The largest absolute Gasteiger partial charge is 0.462 e. The van der Waals surface area contributed by atoms with Crippen LogP contribution in [-0.4, -0.2) is 38.1 Å². The fraction of sp³-hybridized carbons (Fsp3) is 0.0800. The first-order chi connectivity index (χ1) is 16.0. The SMILES string of the molecule is CCOC(=O)c1cnc2c(C(N)=O)c(-c3ccc4ccc(-c5ccccc5)nc4c3)nn2c1. The predicted octanol–water partition coefficient (Wildman–Crippen LogP) is 3.89. The lowest BCUT2D eigenvalue weighted by molar-refractivity contribution is 0.0525. The Kier molecular flexibility index (Phi) is 5.02. The van der Waals surface area contributed by atoms with Crippen molar-refractivity contribution in [3.63, 3.8) is 0 Å². The molecule has 1 amide bonds. The molecule has 0 saturated carbocycles. The van der Waals surface area contributed by atoms with Crippen LogP contribution < -0.4 is 5.73 Å². The average Bonchev–Trinajstić information content (AvgIpc) is 3.23. The Labute approximate surface area is 188 Å². The van der Waals surface area contributed by atoms with Crippen molar-refractivity contribution in [1.82, 2.24) is 19.6 Å². The van der Waals surface area contributed by atoms with Crippen molar-refractivity contribution in [2.75, 3.05) is 6.61 Å². The van der Waals surface area contributed by atoms with Crippen LogP contribution >= 0.6 is 0 Å².